The average Bonchev–Trinajstić information content (AvgIpc) is 2.38. The quantitative estimate of drug-likeness (QED) is 0.890. The maximum atomic E-state index is 11.9. The number of hydrogen-bond acceptors (Lipinski definition) is 3. The Morgan fingerprint density at radius 2 is 2.06 bits per heavy atom. The van der Waals surface area contributed by atoms with Gasteiger partial charge < -0.3 is 11.1 Å². The lowest BCUT2D eigenvalue weighted by Gasteiger charge is -2.07. The molecule has 0 aliphatic carbocycles. The number of benzene rings is 1. The Bertz CT molecular complexity index is 572. The maximum Gasteiger partial charge on any atom is 0.255 e. The van der Waals surface area contributed by atoms with Crippen molar-refractivity contribution in [2.45, 2.75) is 6.54 Å². The molecule has 1 aromatic carbocycles. The molecule has 92 valence electrons. The summed E-state index contributed by atoms with van der Waals surface area (Å²) in [5, 5.41) is 3.38. The van der Waals surface area contributed by atoms with E-state index in [0.29, 0.717) is 17.1 Å². The van der Waals surface area contributed by atoms with Crippen LogP contribution < -0.4 is 11.1 Å². The van der Waals surface area contributed by atoms with E-state index >= 15 is 0 Å². The summed E-state index contributed by atoms with van der Waals surface area (Å²) in [6.07, 6.45) is 1.54. The first-order valence-corrected chi connectivity index (χ1v) is 5.78. The van der Waals surface area contributed by atoms with E-state index in [0.717, 1.165) is 5.56 Å². The second-order valence-corrected chi connectivity index (χ2v) is 4.12. The summed E-state index contributed by atoms with van der Waals surface area (Å²) in [5.74, 6) is -0.0466. The van der Waals surface area contributed by atoms with Gasteiger partial charge in [-0.1, -0.05) is 29.8 Å². The van der Waals surface area contributed by atoms with Crippen LogP contribution in [0.1, 0.15) is 15.9 Å². The van der Waals surface area contributed by atoms with Gasteiger partial charge in [0.25, 0.3) is 5.91 Å². The van der Waals surface area contributed by atoms with E-state index in [-0.39, 0.29) is 11.7 Å². The Morgan fingerprint density at radius 1 is 1.28 bits per heavy atom. The largest absolute Gasteiger partial charge is 0.383 e. The third kappa shape index (κ3) is 2.78. The summed E-state index contributed by atoms with van der Waals surface area (Å²) in [6.45, 7) is 0.354. The van der Waals surface area contributed by atoms with Crippen molar-refractivity contribution in [1.82, 2.24) is 10.3 Å². The third-order valence-corrected chi connectivity index (χ3v) is 2.85. The van der Waals surface area contributed by atoms with Gasteiger partial charge in [0.1, 0.15) is 5.82 Å². The molecule has 18 heavy (non-hydrogen) atoms. The predicted molar refractivity (Wildman–Crippen MR) is 71.3 cm³/mol. The van der Waals surface area contributed by atoms with Crippen molar-refractivity contribution in [3.05, 3.63) is 58.7 Å². The van der Waals surface area contributed by atoms with Crippen molar-refractivity contribution in [3.8, 4) is 0 Å². The van der Waals surface area contributed by atoms with Crippen LogP contribution in [0.3, 0.4) is 0 Å². The van der Waals surface area contributed by atoms with Crippen LogP contribution in [0.25, 0.3) is 0 Å². The fraction of sp³-hybridized carbons (Fsp3) is 0.0769. The molecule has 0 radical (unpaired) electrons. The first-order valence-electron chi connectivity index (χ1n) is 5.40. The van der Waals surface area contributed by atoms with Gasteiger partial charge in [0.2, 0.25) is 0 Å². The Balaban J connectivity index is 2.06. The number of anilines is 1. The molecule has 0 aliphatic heterocycles. The van der Waals surface area contributed by atoms with Crippen LogP contribution in [0.15, 0.2) is 42.6 Å². The van der Waals surface area contributed by atoms with Crippen molar-refractivity contribution >= 4 is 23.3 Å². The van der Waals surface area contributed by atoms with Crippen molar-refractivity contribution in [2.24, 2.45) is 0 Å². The van der Waals surface area contributed by atoms with E-state index in [9.17, 15) is 4.79 Å². The van der Waals surface area contributed by atoms with Crippen molar-refractivity contribution in [1.29, 1.82) is 0 Å². The SMILES string of the molecule is Nc1ncccc1C(=O)NCc1ccccc1Cl. The lowest BCUT2D eigenvalue weighted by Crippen LogP contribution is -2.24. The van der Waals surface area contributed by atoms with E-state index in [4.69, 9.17) is 17.3 Å². The molecule has 0 atom stereocenters. The highest BCUT2D eigenvalue weighted by molar-refractivity contribution is 6.31. The number of rotatable bonds is 3. The molecule has 0 unspecified atom stereocenters. The number of halogens is 1. The van der Waals surface area contributed by atoms with E-state index < -0.39 is 0 Å². The number of nitrogens with one attached hydrogen (secondary N) is 1. The number of carbonyl (C=O) groups excluding carboxylic acids is 1. The van der Waals surface area contributed by atoms with Crippen LogP contribution in [-0.4, -0.2) is 10.9 Å². The highest BCUT2D eigenvalue weighted by Gasteiger charge is 2.09. The lowest BCUT2D eigenvalue weighted by molar-refractivity contribution is 0.0951. The Hall–Kier alpha value is -2.07. The molecule has 3 N–H and O–H groups in total. The van der Waals surface area contributed by atoms with E-state index in [2.05, 4.69) is 10.3 Å². The number of aromatic nitrogens is 1. The molecule has 5 heteroatoms. The number of carbonyl (C=O) groups is 1. The maximum absolute atomic E-state index is 11.9. The molecule has 0 fully saturated rings. The van der Waals surface area contributed by atoms with Crippen LogP contribution in [0, 0.1) is 0 Å². The minimum absolute atomic E-state index is 0.217. The zero-order valence-electron chi connectivity index (χ0n) is 9.56. The van der Waals surface area contributed by atoms with Gasteiger partial charge in [-0.25, -0.2) is 4.98 Å². The van der Waals surface area contributed by atoms with E-state index in [1.165, 1.54) is 0 Å². The normalized spacial score (nSPS) is 10.1. The van der Waals surface area contributed by atoms with Gasteiger partial charge in [0.15, 0.2) is 0 Å². The van der Waals surface area contributed by atoms with E-state index in [1.807, 2.05) is 18.2 Å². The van der Waals surface area contributed by atoms with Gasteiger partial charge >= 0.3 is 0 Å². The molecule has 0 saturated heterocycles. The molecule has 1 heterocycles. The van der Waals surface area contributed by atoms with Gasteiger partial charge in [0, 0.05) is 17.8 Å². The first-order chi connectivity index (χ1) is 8.68. The Labute approximate surface area is 110 Å². The highest BCUT2D eigenvalue weighted by Crippen LogP contribution is 2.15. The number of hydrogen-bond donors (Lipinski definition) is 2. The summed E-state index contributed by atoms with van der Waals surface area (Å²) in [4.78, 5) is 15.7. The molecule has 0 aliphatic rings. The van der Waals surface area contributed by atoms with Crippen LogP contribution in [0.4, 0.5) is 5.82 Å². The topological polar surface area (TPSA) is 68.0 Å². The van der Waals surface area contributed by atoms with Gasteiger partial charge in [-0.3, -0.25) is 4.79 Å². The van der Waals surface area contributed by atoms with Gasteiger partial charge in [-0.15, -0.1) is 0 Å². The fourth-order valence-corrected chi connectivity index (χ4v) is 1.72. The lowest BCUT2D eigenvalue weighted by atomic mass is 10.2. The summed E-state index contributed by atoms with van der Waals surface area (Å²) >= 11 is 6.00. The molecular weight excluding hydrogens is 250 g/mol. The first kappa shape index (κ1) is 12.4. The Morgan fingerprint density at radius 3 is 2.78 bits per heavy atom. The van der Waals surface area contributed by atoms with Gasteiger partial charge in [0.05, 0.1) is 5.56 Å². The fourth-order valence-electron chi connectivity index (χ4n) is 1.52. The van der Waals surface area contributed by atoms with Crippen LogP contribution in [0.5, 0.6) is 0 Å². The van der Waals surface area contributed by atoms with Crippen LogP contribution >= 0.6 is 11.6 Å². The monoisotopic (exact) mass is 261 g/mol. The molecular formula is C13H12ClN3O. The minimum atomic E-state index is -0.263. The number of amides is 1. The summed E-state index contributed by atoms with van der Waals surface area (Å²) in [7, 11) is 0. The number of pyridine rings is 1. The summed E-state index contributed by atoms with van der Waals surface area (Å²) in [6, 6.07) is 10.6. The van der Waals surface area contributed by atoms with Crippen LogP contribution in [-0.2, 0) is 6.54 Å². The zero-order valence-corrected chi connectivity index (χ0v) is 10.3. The summed E-state index contributed by atoms with van der Waals surface area (Å²) < 4.78 is 0. The second-order valence-electron chi connectivity index (χ2n) is 3.71. The molecule has 1 aromatic heterocycles. The third-order valence-electron chi connectivity index (χ3n) is 2.48. The Kier molecular flexibility index (Phi) is 3.79. The number of nitrogen functional groups attached to an aromatic ring is 1. The molecule has 1 amide bonds. The number of nitrogens with zero attached hydrogens (tertiary/aromatic N) is 1. The molecule has 2 aromatic rings. The average molecular weight is 262 g/mol. The number of nitrogens with two attached hydrogens (primary N) is 1. The molecule has 4 nitrogen and oxygen atoms in total. The summed E-state index contributed by atoms with van der Waals surface area (Å²) in [5.41, 5.74) is 6.84. The van der Waals surface area contributed by atoms with Crippen LogP contribution in [0.2, 0.25) is 5.02 Å². The molecule has 0 bridgehead atoms. The van der Waals surface area contributed by atoms with Crippen molar-refractivity contribution in [3.63, 3.8) is 0 Å². The molecule has 2 rings (SSSR count). The highest BCUT2D eigenvalue weighted by atomic mass is 35.5. The van der Waals surface area contributed by atoms with Crippen molar-refractivity contribution in [2.75, 3.05) is 5.73 Å². The molecule has 0 spiro atoms. The predicted octanol–water partition coefficient (Wildman–Crippen LogP) is 2.25. The smallest absolute Gasteiger partial charge is 0.255 e. The zero-order chi connectivity index (χ0) is 13.0. The standard InChI is InChI=1S/C13H12ClN3O/c14-11-6-2-1-4-9(11)8-17-13(18)10-5-3-7-16-12(10)15/h1-7H,8H2,(H2,15,16)(H,17,18). The van der Waals surface area contributed by atoms with Crippen molar-refractivity contribution < 1.29 is 4.79 Å². The minimum Gasteiger partial charge on any atom is -0.383 e. The van der Waals surface area contributed by atoms with Gasteiger partial charge in [-0.05, 0) is 23.8 Å². The molecule has 0 saturated carbocycles. The second kappa shape index (κ2) is 5.51. The van der Waals surface area contributed by atoms with Gasteiger partial charge in [-0.2, -0.15) is 0 Å². The van der Waals surface area contributed by atoms with E-state index in [1.54, 1.807) is 24.4 Å².